The molecule has 5 heteroatoms. The fourth-order valence-corrected chi connectivity index (χ4v) is 2.69. The molecule has 1 fully saturated rings. The molecule has 0 aromatic carbocycles. The molecule has 3 N–H and O–H groups in total. The van der Waals surface area contributed by atoms with Crippen molar-refractivity contribution >= 4 is 5.91 Å². The van der Waals surface area contributed by atoms with Gasteiger partial charge >= 0.3 is 0 Å². The van der Waals surface area contributed by atoms with Crippen LogP contribution in [0.25, 0.3) is 0 Å². The predicted octanol–water partition coefficient (Wildman–Crippen LogP) is 0.588. The van der Waals surface area contributed by atoms with Gasteiger partial charge in [0.1, 0.15) is 0 Å². The van der Waals surface area contributed by atoms with Crippen LogP contribution in [0.15, 0.2) is 0 Å². The first-order valence-electron chi connectivity index (χ1n) is 7.22. The lowest BCUT2D eigenvalue weighted by molar-refractivity contribution is -0.128. The average molecular weight is 271 g/mol. The van der Waals surface area contributed by atoms with Crippen LogP contribution in [0.3, 0.4) is 0 Å². The molecule has 0 spiro atoms. The van der Waals surface area contributed by atoms with Crippen LogP contribution in [0.2, 0.25) is 0 Å². The summed E-state index contributed by atoms with van der Waals surface area (Å²) in [6.07, 6.45) is 3.85. The molecular weight excluding hydrogens is 242 g/mol. The third-order valence-electron chi connectivity index (χ3n) is 3.94. The summed E-state index contributed by atoms with van der Waals surface area (Å²) in [6, 6.07) is 0. The average Bonchev–Trinajstić information content (AvgIpc) is 2.36. The number of ether oxygens (including phenoxy) is 1. The Morgan fingerprint density at radius 2 is 2.26 bits per heavy atom. The van der Waals surface area contributed by atoms with E-state index in [2.05, 4.69) is 17.1 Å². The number of amides is 1. The number of hydrogen-bond donors (Lipinski definition) is 2. The normalized spacial score (nSPS) is 27.5. The van der Waals surface area contributed by atoms with Gasteiger partial charge in [-0.3, -0.25) is 4.79 Å². The Morgan fingerprint density at radius 3 is 2.89 bits per heavy atom. The SMILES string of the molecule is COCCN(C)CCNC(=O)C1(N)CCCC(C)C1. The number of carbonyl (C=O) groups excluding carboxylic acids is 1. The minimum Gasteiger partial charge on any atom is -0.383 e. The summed E-state index contributed by atoms with van der Waals surface area (Å²) in [5, 5.41) is 2.97. The molecule has 0 aliphatic heterocycles. The molecule has 0 aromatic heterocycles. The Balaban J connectivity index is 2.26. The molecule has 0 radical (unpaired) electrons. The van der Waals surface area contributed by atoms with Crippen molar-refractivity contribution in [2.75, 3.05) is 40.4 Å². The molecule has 1 amide bonds. The zero-order chi connectivity index (χ0) is 14.3. The van der Waals surface area contributed by atoms with E-state index in [1.807, 2.05) is 7.05 Å². The second-order valence-corrected chi connectivity index (χ2v) is 5.91. The molecule has 19 heavy (non-hydrogen) atoms. The largest absolute Gasteiger partial charge is 0.383 e. The lowest BCUT2D eigenvalue weighted by Crippen LogP contribution is -2.56. The summed E-state index contributed by atoms with van der Waals surface area (Å²) in [6.45, 7) is 5.22. The number of rotatable bonds is 7. The van der Waals surface area contributed by atoms with Crippen LogP contribution in [-0.2, 0) is 9.53 Å². The summed E-state index contributed by atoms with van der Waals surface area (Å²) in [5.74, 6) is 0.563. The van der Waals surface area contributed by atoms with Gasteiger partial charge in [0.15, 0.2) is 0 Å². The topological polar surface area (TPSA) is 67.6 Å². The number of carbonyl (C=O) groups is 1. The highest BCUT2D eigenvalue weighted by Gasteiger charge is 2.37. The van der Waals surface area contributed by atoms with Gasteiger partial charge in [0.2, 0.25) is 5.91 Å². The number of methoxy groups -OCH3 is 1. The van der Waals surface area contributed by atoms with Crippen molar-refractivity contribution < 1.29 is 9.53 Å². The van der Waals surface area contributed by atoms with E-state index < -0.39 is 5.54 Å². The van der Waals surface area contributed by atoms with Gasteiger partial charge in [-0.25, -0.2) is 0 Å². The number of nitrogens with zero attached hydrogens (tertiary/aromatic N) is 1. The molecule has 2 unspecified atom stereocenters. The second kappa shape index (κ2) is 7.82. The van der Waals surface area contributed by atoms with Crippen molar-refractivity contribution in [2.24, 2.45) is 11.7 Å². The van der Waals surface area contributed by atoms with Crippen LogP contribution in [0.5, 0.6) is 0 Å². The highest BCUT2D eigenvalue weighted by molar-refractivity contribution is 5.86. The summed E-state index contributed by atoms with van der Waals surface area (Å²) in [5.41, 5.74) is 5.59. The van der Waals surface area contributed by atoms with E-state index in [4.69, 9.17) is 10.5 Å². The van der Waals surface area contributed by atoms with Crippen LogP contribution in [0.4, 0.5) is 0 Å². The zero-order valence-corrected chi connectivity index (χ0v) is 12.6. The Bertz CT molecular complexity index is 286. The van der Waals surface area contributed by atoms with E-state index in [0.717, 1.165) is 32.4 Å². The van der Waals surface area contributed by atoms with E-state index in [1.165, 1.54) is 6.42 Å². The standard InChI is InChI=1S/C14H29N3O2/c1-12-5-4-6-14(15,11-12)13(18)16-7-8-17(2)9-10-19-3/h12H,4-11,15H2,1-3H3,(H,16,18). The monoisotopic (exact) mass is 271 g/mol. The lowest BCUT2D eigenvalue weighted by Gasteiger charge is -2.35. The molecule has 0 saturated heterocycles. The Kier molecular flexibility index (Phi) is 6.75. The quantitative estimate of drug-likeness (QED) is 0.711. The van der Waals surface area contributed by atoms with E-state index >= 15 is 0 Å². The Morgan fingerprint density at radius 1 is 1.53 bits per heavy atom. The van der Waals surface area contributed by atoms with Crippen molar-refractivity contribution in [1.82, 2.24) is 10.2 Å². The highest BCUT2D eigenvalue weighted by atomic mass is 16.5. The highest BCUT2D eigenvalue weighted by Crippen LogP contribution is 2.30. The van der Waals surface area contributed by atoms with Gasteiger partial charge in [0.25, 0.3) is 0 Å². The van der Waals surface area contributed by atoms with E-state index in [9.17, 15) is 4.79 Å². The summed E-state index contributed by atoms with van der Waals surface area (Å²) < 4.78 is 5.01. The van der Waals surface area contributed by atoms with Crippen LogP contribution in [0.1, 0.15) is 32.6 Å². The fraction of sp³-hybridized carbons (Fsp3) is 0.929. The minimum atomic E-state index is -0.650. The fourth-order valence-electron chi connectivity index (χ4n) is 2.69. The van der Waals surface area contributed by atoms with Gasteiger partial charge < -0.3 is 20.7 Å². The molecule has 1 saturated carbocycles. The summed E-state index contributed by atoms with van der Waals surface area (Å²) in [4.78, 5) is 14.3. The van der Waals surface area contributed by atoms with Crippen LogP contribution >= 0.6 is 0 Å². The lowest BCUT2D eigenvalue weighted by atomic mass is 9.76. The van der Waals surface area contributed by atoms with Crippen molar-refractivity contribution in [2.45, 2.75) is 38.1 Å². The van der Waals surface area contributed by atoms with Crippen molar-refractivity contribution in [3.63, 3.8) is 0 Å². The zero-order valence-electron chi connectivity index (χ0n) is 12.6. The summed E-state index contributed by atoms with van der Waals surface area (Å²) >= 11 is 0. The maximum Gasteiger partial charge on any atom is 0.240 e. The number of likely N-dealkylation sites (N-methyl/N-ethyl adjacent to an activating group) is 1. The first-order valence-corrected chi connectivity index (χ1v) is 7.22. The minimum absolute atomic E-state index is 0.0131. The van der Waals surface area contributed by atoms with Gasteiger partial charge in [-0.2, -0.15) is 0 Å². The van der Waals surface area contributed by atoms with Gasteiger partial charge in [-0.05, 0) is 25.8 Å². The maximum atomic E-state index is 12.2. The Hall–Kier alpha value is -0.650. The van der Waals surface area contributed by atoms with E-state index in [0.29, 0.717) is 19.1 Å². The van der Waals surface area contributed by atoms with E-state index in [1.54, 1.807) is 7.11 Å². The van der Waals surface area contributed by atoms with Gasteiger partial charge in [-0.15, -0.1) is 0 Å². The van der Waals surface area contributed by atoms with Crippen LogP contribution in [0, 0.1) is 5.92 Å². The molecule has 1 aliphatic carbocycles. The number of nitrogens with two attached hydrogens (primary N) is 1. The smallest absolute Gasteiger partial charge is 0.240 e. The second-order valence-electron chi connectivity index (χ2n) is 5.91. The molecule has 0 heterocycles. The van der Waals surface area contributed by atoms with Gasteiger partial charge in [-0.1, -0.05) is 19.8 Å². The van der Waals surface area contributed by atoms with Crippen molar-refractivity contribution in [3.05, 3.63) is 0 Å². The van der Waals surface area contributed by atoms with Gasteiger partial charge in [0.05, 0.1) is 12.1 Å². The van der Waals surface area contributed by atoms with E-state index in [-0.39, 0.29) is 5.91 Å². The predicted molar refractivity (Wildman–Crippen MR) is 76.9 cm³/mol. The number of hydrogen-bond acceptors (Lipinski definition) is 4. The van der Waals surface area contributed by atoms with Crippen LogP contribution in [-0.4, -0.2) is 56.7 Å². The molecule has 0 aromatic rings. The third kappa shape index (κ3) is 5.47. The van der Waals surface area contributed by atoms with Crippen molar-refractivity contribution in [3.8, 4) is 0 Å². The summed E-state index contributed by atoms with van der Waals surface area (Å²) in [7, 11) is 3.71. The van der Waals surface area contributed by atoms with Crippen molar-refractivity contribution in [1.29, 1.82) is 0 Å². The molecule has 1 rings (SSSR count). The molecular formula is C14H29N3O2. The molecule has 112 valence electrons. The Labute approximate surface area is 116 Å². The number of nitrogens with one attached hydrogen (secondary N) is 1. The molecule has 2 atom stereocenters. The molecule has 1 aliphatic rings. The van der Waals surface area contributed by atoms with Gasteiger partial charge in [0, 0.05) is 26.7 Å². The molecule has 0 bridgehead atoms. The third-order valence-corrected chi connectivity index (χ3v) is 3.94. The first-order chi connectivity index (χ1) is 8.98. The maximum absolute atomic E-state index is 12.2. The molecule has 5 nitrogen and oxygen atoms in total. The van der Waals surface area contributed by atoms with Crippen LogP contribution < -0.4 is 11.1 Å². The first kappa shape index (κ1) is 16.4.